The van der Waals surface area contributed by atoms with Crippen molar-refractivity contribution < 1.29 is 4.52 Å². The zero-order chi connectivity index (χ0) is 24.6. The molecule has 12 heteroatoms. The molecule has 2 fully saturated rings. The first kappa shape index (κ1) is 22.9. The molecular weight excluding hydrogens is 456 g/mol. The molecule has 0 unspecified atom stereocenters. The van der Waals surface area contributed by atoms with Crippen molar-refractivity contribution in [3.8, 4) is 0 Å². The van der Waals surface area contributed by atoms with E-state index in [1.807, 2.05) is 41.0 Å². The van der Waals surface area contributed by atoms with Gasteiger partial charge in [-0.2, -0.15) is 20.2 Å². The third kappa shape index (κ3) is 4.51. The molecule has 2 aliphatic heterocycles. The highest BCUT2D eigenvalue weighted by molar-refractivity contribution is 5.33. The topological polar surface area (TPSA) is 114 Å². The first-order valence-electron chi connectivity index (χ1n) is 13.1. The molecule has 0 aliphatic carbocycles. The average molecular weight is 492 g/mol. The van der Waals surface area contributed by atoms with E-state index in [9.17, 15) is 0 Å². The highest BCUT2D eigenvalue weighted by atomic mass is 15.4. The van der Waals surface area contributed by atoms with Crippen LogP contribution in [-0.4, -0.2) is 70.8 Å². The number of nitrogens with one attached hydrogen (secondary N) is 1. The predicted molar refractivity (Wildman–Crippen MR) is 134 cm³/mol. The van der Waals surface area contributed by atoms with Crippen LogP contribution < -0.4 is 14.3 Å². The van der Waals surface area contributed by atoms with Crippen molar-refractivity contribution in [2.24, 2.45) is 14.1 Å². The number of hydrogen-bond acceptors (Lipinski definition) is 8. The summed E-state index contributed by atoms with van der Waals surface area (Å²) in [7, 11) is 3.96. The van der Waals surface area contributed by atoms with E-state index in [-0.39, 0.29) is 0 Å². The fourth-order valence-electron chi connectivity index (χ4n) is 5.35. The smallest absolute Gasteiger partial charge is 0.290 e. The molecule has 2 saturated heterocycles. The van der Waals surface area contributed by atoms with Gasteiger partial charge in [0.2, 0.25) is 17.7 Å². The zero-order valence-corrected chi connectivity index (χ0v) is 21.5. The van der Waals surface area contributed by atoms with E-state index in [4.69, 9.17) is 19.9 Å². The summed E-state index contributed by atoms with van der Waals surface area (Å²) in [6.07, 6.45) is 7.84. The maximum atomic E-state index is 4.83. The van der Waals surface area contributed by atoms with Crippen LogP contribution in [0.1, 0.15) is 54.7 Å². The molecule has 0 spiro atoms. The molecule has 1 N–H and O–H groups in total. The van der Waals surface area contributed by atoms with Crippen molar-refractivity contribution in [1.82, 2.24) is 44.6 Å². The Morgan fingerprint density at radius 3 is 1.89 bits per heavy atom. The van der Waals surface area contributed by atoms with Gasteiger partial charge in [0.1, 0.15) is 5.69 Å². The minimum Gasteiger partial charge on any atom is -0.341 e. The van der Waals surface area contributed by atoms with Crippen molar-refractivity contribution in [2.45, 2.75) is 58.3 Å². The fraction of sp³-hybridized carbons (Fsp3) is 0.625. The molecule has 0 bridgehead atoms. The molecule has 36 heavy (non-hydrogen) atoms. The Bertz CT molecular complexity index is 1350. The molecule has 0 saturated carbocycles. The van der Waals surface area contributed by atoms with Gasteiger partial charge in [0.15, 0.2) is 11.6 Å². The summed E-state index contributed by atoms with van der Waals surface area (Å²) in [5, 5.41) is 12.8. The maximum absolute atomic E-state index is 4.83. The number of aromatic amines is 1. The molecule has 4 aromatic heterocycles. The van der Waals surface area contributed by atoms with Crippen molar-refractivity contribution in [1.29, 1.82) is 0 Å². The molecule has 12 nitrogen and oxygen atoms in total. The normalized spacial score (nSPS) is 16.2. The van der Waals surface area contributed by atoms with Crippen LogP contribution in [0, 0.1) is 6.92 Å². The molecule has 0 radical (unpaired) electrons. The summed E-state index contributed by atoms with van der Waals surface area (Å²) >= 11 is 0. The van der Waals surface area contributed by atoms with Crippen molar-refractivity contribution >= 4 is 17.5 Å². The Morgan fingerprint density at radius 1 is 0.750 bits per heavy atom. The summed E-state index contributed by atoms with van der Waals surface area (Å²) in [5.41, 5.74) is 1.84. The van der Waals surface area contributed by atoms with E-state index in [0.717, 1.165) is 98.4 Å². The highest BCUT2D eigenvalue weighted by Gasteiger charge is 2.22. The van der Waals surface area contributed by atoms with Crippen molar-refractivity contribution in [3.05, 3.63) is 35.1 Å². The third-order valence-electron chi connectivity index (χ3n) is 7.12. The average Bonchev–Trinajstić information content (AvgIpc) is 3.67. The minimum atomic E-state index is 0.728. The van der Waals surface area contributed by atoms with Crippen LogP contribution in [0.2, 0.25) is 0 Å². The van der Waals surface area contributed by atoms with Gasteiger partial charge in [-0.25, -0.2) is 14.5 Å². The maximum Gasteiger partial charge on any atom is 0.290 e. The lowest BCUT2D eigenvalue weighted by Gasteiger charge is -2.14. The second-order valence-electron chi connectivity index (χ2n) is 9.97. The Kier molecular flexibility index (Phi) is 6.02. The standard InChI is InChI=1S/C24H34N12/c1-17-16-22-26-18(8-9-19-27-23(32(2)29-19)34-12-4-5-13-34)31-36(22)21(25-17)11-10-20-28-24(33(3)30-20)35-14-6-7-15-35/h16H,4-15H2,1-3H3/p+1. The molecule has 0 aromatic carbocycles. The van der Waals surface area contributed by atoms with Crippen molar-refractivity contribution in [3.63, 3.8) is 0 Å². The second kappa shape index (κ2) is 9.47. The van der Waals surface area contributed by atoms with Crippen molar-refractivity contribution in [2.75, 3.05) is 36.0 Å². The monoisotopic (exact) mass is 491 g/mol. The van der Waals surface area contributed by atoms with E-state index in [1.54, 1.807) is 0 Å². The molecule has 4 aromatic rings. The van der Waals surface area contributed by atoms with Crippen LogP contribution in [-0.2, 0) is 39.8 Å². The Morgan fingerprint density at radius 2 is 1.31 bits per heavy atom. The van der Waals surface area contributed by atoms with E-state index in [0.29, 0.717) is 0 Å². The third-order valence-corrected chi connectivity index (χ3v) is 7.12. The number of anilines is 2. The number of hydrogen-bond donors (Lipinski definition) is 1. The largest absolute Gasteiger partial charge is 0.341 e. The predicted octanol–water partition coefficient (Wildman–Crippen LogP) is 0.880. The van der Waals surface area contributed by atoms with Gasteiger partial charge in [-0.3, -0.25) is 0 Å². The van der Waals surface area contributed by atoms with Gasteiger partial charge in [-0.15, -0.1) is 9.50 Å². The lowest BCUT2D eigenvalue weighted by atomic mass is 10.2. The number of fused-ring (bicyclic) bond motifs is 1. The van der Waals surface area contributed by atoms with Crippen LogP contribution in [0.15, 0.2) is 6.07 Å². The van der Waals surface area contributed by atoms with Gasteiger partial charge in [0.25, 0.3) is 11.5 Å². The number of nitrogens with zero attached hydrogens (tertiary/aromatic N) is 11. The van der Waals surface area contributed by atoms with E-state index >= 15 is 0 Å². The Labute approximate surface area is 210 Å². The van der Waals surface area contributed by atoms with E-state index in [2.05, 4.69) is 25.1 Å². The summed E-state index contributed by atoms with van der Waals surface area (Å²) in [6.45, 7) is 6.27. The Hall–Kier alpha value is -3.57. The van der Waals surface area contributed by atoms with Crippen LogP contribution in [0.5, 0.6) is 0 Å². The molecule has 6 rings (SSSR count). The summed E-state index contributed by atoms with van der Waals surface area (Å²) in [5.74, 6) is 5.50. The minimum absolute atomic E-state index is 0.728. The molecular formula is C24H35N12+. The van der Waals surface area contributed by atoms with Crippen LogP contribution in [0.3, 0.4) is 0 Å². The van der Waals surface area contributed by atoms with E-state index in [1.165, 1.54) is 25.7 Å². The summed E-state index contributed by atoms with van der Waals surface area (Å²) in [6, 6.07) is 2.01. The van der Waals surface area contributed by atoms with Crippen LogP contribution >= 0.6 is 0 Å². The molecule has 190 valence electrons. The molecule has 0 atom stereocenters. The number of rotatable bonds is 8. The lowest BCUT2D eigenvalue weighted by Crippen LogP contribution is -2.32. The summed E-state index contributed by atoms with van der Waals surface area (Å²) < 4.78 is 5.80. The molecule has 2 aliphatic rings. The number of aromatic nitrogens is 10. The van der Waals surface area contributed by atoms with Gasteiger partial charge in [-0.05, 0) is 32.6 Å². The lowest BCUT2D eigenvalue weighted by molar-refractivity contribution is -0.590. The summed E-state index contributed by atoms with van der Waals surface area (Å²) in [4.78, 5) is 23.9. The van der Waals surface area contributed by atoms with Gasteiger partial charge < -0.3 is 9.80 Å². The zero-order valence-electron chi connectivity index (χ0n) is 21.5. The van der Waals surface area contributed by atoms with Crippen LogP contribution in [0.4, 0.5) is 11.9 Å². The van der Waals surface area contributed by atoms with E-state index < -0.39 is 0 Å². The second-order valence-corrected chi connectivity index (χ2v) is 9.97. The van der Waals surface area contributed by atoms with Gasteiger partial charge in [-0.1, -0.05) is 4.98 Å². The molecule has 0 amide bonds. The number of aryl methyl sites for hydroxylation is 7. The van der Waals surface area contributed by atoms with Gasteiger partial charge in [0, 0.05) is 66.0 Å². The van der Waals surface area contributed by atoms with Gasteiger partial charge >= 0.3 is 0 Å². The Balaban J connectivity index is 1.15. The SMILES string of the molecule is Cc1cc2nc(CCc3nc(N4CCCC4)n(C)n3)[nH][n+]2c(CCc2nc(N3CCCC3)n(C)n2)n1. The quantitative estimate of drug-likeness (QED) is 0.362. The van der Waals surface area contributed by atoms with Gasteiger partial charge in [0.05, 0.1) is 6.07 Å². The number of H-pyrrole nitrogens is 1. The fourth-order valence-corrected chi connectivity index (χ4v) is 5.35. The highest BCUT2D eigenvalue weighted by Crippen LogP contribution is 2.19. The van der Waals surface area contributed by atoms with Crippen LogP contribution in [0.25, 0.3) is 5.65 Å². The first-order valence-corrected chi connectivity index (χ1v) is 13.1. The molecule has 6 heterocycles. The first-order chi connectivity index (χ1) is 17.5.